The first-order valence-corrected chi connectivity index (χ1v) is 8.59. The molecule has 0 radical (unpaired) electrons. The Kier molecular flexibility index (Phi) is 4.23. The Balaban J connectivity index is 2.24. The number of ketones is 1. The molecule has 1 aliphatic heterocycles. The molecule has 3 nitrogen and oxygen atoms in total. The standard InChI is InChI=1S/C19H18Cl2N2O/c1-10-12(9-22)16(11-5-4-6-13(20)18(11)21)17-14(23-10)7-19(2,3)8-15(17)24/h4-6,16,23H,7-8H2,1-3H3/t16-/m1/s1. The topological polar surface area (TPSA) is 52.9 Å². The van der Waals surface area contributed by atoms with Crippen LogP contribution in [0.15, 0.2) is 40.7 Å². The van der Waals surface area contributed by atoms with E-state index in [-0.39, 0.29) is 11.2 Å². The number of benzene rings is 1. The minimum atomic E-state index is -0.457. The average Bonchev–Trinajstić information content (AvgIpc) is 2.47. The SMILES string of the molecule is CC1=C(C#N)[C@@H](c2cccc(Cl)c2Cl)C2=C(CC(C)(C)CC2=O)N1. The van der Waals surface area contributed by atoms with E-state index in [9.17, 15) is 10.1 Å². The third-order valence-corrected chi connectivity index (χ3v) is 5.49. The maximum atomic E-state index is 12.9. The summed E-state index contributed by atoms with van der Waals surface area (Å²) in [6.45, 7) is 6.02. The number of dihydropyridines is 1. The summed E-state index contributed by atoms with van der Waals surface area (Å²) in [5, 5.41) is 13.8. The molecule has 0 unspecified atom stereocenters. The number of carbonyl (C=O) groups is 1. The molecule has 0 spiro atoms. The van der Waals surface area contributed by atoms with Crippen molar-refractivity contribution in [1.82, 2.24) is 5.32 Å². The van der Waals surface area contributed by atoms with Crippen LogP contribution in [0.1, 0.15) is 45.1 Å². The Morgan fingerprint density at radius 2 is 2.00 bits per heavy atom. The number of allylic oxidation sites excluding steroid dienone is 4. The fourth-order valence-corrected chi connectivity index (χ4v) is 4.06. The maximum Gasteiger partial charge on any atom is 0.162 e. The summed E-state index contributed by atoms with van der Waals surface area (Å²) < 4.78 is 0. The molecule has 3 rings (SSSR count). The Hall–Kier alpha value is -1.76. The molecule has 1 aromatic rings. The fourth-order valence-electron chi connectivity index (χ4n) is 3.64. The predicted octanol–water partition coefficient (Wildman–Crippen LogP) is 5.12. The van der Waals surface area contributed by atoms with Crippen molar-refractivity contribution < 1.29 is 4.79 Å². The molecule has 24 heavy (non-hydrogen) atoms. The van der Waals surface area contributed by atoms with E-state index in [0.717, 1.165) is 17.8 Å². The van der Waals surface area contributed by atoms with Crippen LogP contribution in [0.2, 0.25) is 10.0 Å². The van der Waals surface area contributed by atoms with Gasteiger partial charge in [0.2, 0.25) is 0 Å². The summed E-state index contributed by atoms with van der Waals surface area (Å²) in [5.74, 6) is -0.393. The predicted molar refractivity (Wildman–Crippen MR) is 95.7 cm³/mol. The van der Waals surface area contributed by atoms with Crippen molar-refractivity contribution in [3.05, 3.63) is 56.3 Å². The average molecular weight is 361 g/mol. The second-order valence-electron chi connectivity index (χ2n) is 7.18. The Morgan fingerprint density at radius 1 is 1.29 bits per heavy atom. The van der Waals surface area contributed by atoms with Crippen LogP contribution in [0.4, 0.5) is 0 Å². The van der Waals surface area contributed by atoms with Gasteiger partial charge in [0, 0.05) is 23.4 Å². The number of nitrogens with one attached hydrogen (secondary N) is 1. The molecule has 0 fully saturated rings. The number of rotatable bonds is 1. The minimum absolute atomic E-state index is 0.0649. The van der Waals surface area contributed by atoms with Gasteiger partial charge >= 0.3 is 0 Å². The van der Waals surface area contributed by atoms with Gasteiger partial charge in [0.25, 0.3) is 0 Å². The normalized spacial score (nSPS) is 22.8. The molecule has 1 aliphatic carbocycles. The van der Waals surface area contributed by atoms with E-state index in [4.69, 9.17) is 23.2 Å². The lowest BCUT2D eigenvalue weighted by Gasteiger charge is -2.38. The lowest BCUT2D eigenvalue weighted by molar-refractivity contribution is -0.118. The van der Waals surface area contributed by atoms with Crippen molar-refractivity contribution in [3.8, 4) is 6.07 Å². The minimum Gasteiger partial charge on any atom is -0.361 e. The van der Waals surface area contributed by atoms with Crippen molar-refractivity contribution in [3.63, 3.8) is 0 Å². The lowest BCUT2D eigenvalue weighted by atomic mass is 9.69. The van der Waals surface area contributed by atoms with Crippen molar-refractivity contribution >= 4 is 29.0 Å². The first-order chi connectivity index (χ1) is 11.2. The third kappa shape index (κ3) is 2.75. The van der Waals surface area contributed by atoms with E-state index < -0.39 is 5.92 Å². The van der Waals surface area contributed by atoms with E-state index in [1.807, 2.05) is 13.0 Å². The number of halogens is 2. The van der Waals surface area contributed by atoms with Crippen LogP contribution in [0.3, 0.4) is 0 Å². The van der Waals surface area contributed by atoms with E-state index in [0.29, 0.717) is 33.2 Å². The highest BCUT2D eigenvalue weighted by atomic mass is 35.5. The lowest BCUT2D eigenvalue weighted by Crippen LogP contribution is -2.36. The fraction of sp³-hybridized carbons (Fsp3) is 0.368. The zero-order valence-corrected chi connectivity index (χ0v) is 15.3. The highest BCUT2D eigenvalue weighted by Crippen LogP contribution is 2.48. The van der Waals surface area contributed by atoms with Crippen molar-refractivity contribution in [2.24, 2.45) is 5.41 Å². The van der Waals surface area contributed by atoms with Gasteiger partial charge in [0.1, 0.15) is 0 Å². The molecule has 0 amide bonds. The van der Waals surface area contributed by atoms with Gasteiger partial charge in [-0.25, -0.2) is 0 Å². The number of nitriles is 1. The highest BCUT2D eigenvalue weighted by Gasteiger charge is 2.41. The maximum absolute atomic E-state index is 12.9. The first kappa shape index (κ1) is 17.1. The van der Waals surface area contributed by atoms with Gasteiger partial charge in [-0.1, -0.05) is 49.2 Å². The van der Waals surface area contributed by atoms with Crippen LogP contribution in [-0.2, 0) is 4.79 Å². The largest absolute Gasteiger partial charge is 0.361 e. The molecule has 0 bridgehead atoms. The Labute approximate surface area is 151 Å². The molecule has 1 N–H and O–H groups in total. The summed E-state index contributed by atoms with van der Waals surface area (Å²) >= 11 is 12.6. The molecular weight excluding hydrogens is 343 g/mol. The number of nitrogens with zero attached hydrogens (tertiary/aromatic N) is 1. The van der Waals surface area contributed by atoms with E-state index in [1.165, 1.54) is 0 Å². The number of hydrogen-bond acceptors (Lipinski definition) is 3. The summed E-state index contributed by atoms with van der Waals surface area (Å²) in [6, 6.07) is 7.60. The molecular formula is C19H18Cl2N2O. The van der Waals surface area contributed by atoms with Crippen LogP contribution >= 0.6 is 23.2 Å². The van der Waals surface area contributed by atoms with Gasteiger partial charge < -0.3 is 5.32 Å². The van der Waals surface area contributed by atoms with Crippen LogP contribution in [-0.4, -0.2) is 5.78 Å². The van der Waals surface area contributed by atoms with E-state index in [2.05, 4.69) is 25.2 Å². The van der Waals surface area contributed by atoms with Gasteiger partial charge in [-0.3, -0.25) is 4.79 Å². The van der Waals surface area contributed by atoms with Crippen LogP contribution in [0, 0.1) is 16.7 Å². The van der Waals surface area contributed by atoms with Gasteiger partial charge in [-0.15, -0.1) is 0 Å². The quantitative estimate of drug-likeness (QED) is 0.755. The molecule has 5 heteroatoms. The van der Waals surface area contributed by atoms with Gasteiger partial charge in [-0.05, 0) is 30.4 Å². The first-order valence-electron chi connectivity index (χ1n) is 7.83. The van der Waals surface area contributed by atoms with Crippen molar-refractivity contribution in [1.29, 1.82) is 5.26 Å². The van der Waals surface area contributed by atoms with E-state index in [1.54, 1.807) is 12.1 Å². The van der Waals surface area contributed by atoms with Gasteiger partial charge in [-0.2, -0.15) is 5.26 Å². The van der Waals surface area contributed by atoms with Crippen molar-refractivity contribution in [2.75, 3.05) is 0 Å². The van der Waals surface area contributed by atoms with Crippen LogP contribution in [0.5, 0.6) is 0 Å². The molecule has 1 heterocycles. The molecule has 0 saturated heterocycles. The molecule has 0 aromatic heterocycles. The van der Waals surface area contributed by atoms with Crippen molar-refractivity contribution in [2.45, 2.75) is 39.5 Å². The smallest absolute Gasteiger partial charge is 0.162 e. The van der Waals surface area contributed by atoms with E-state index >= 15 is 0 Å². The van der Waals surface area contributed by atoms with Crippen LogP contribution < -0.4 is 5.32 Å². The molecule has 1 atom stereocenters. The monoisotopic (exact) mass is 360 g/mol. The summed E-state index contributed by atoms with van der Waals surface area (Å²) in [4.78, 5) is 12.9. The summed E-state index contributed by atoms with van der Waals surface area (Å²) in [7, 11) is 0. The van der Waals surface area contributed by atoms with Gasteiger partial charge in [0.05, 0.1) is 27.6 Å². The summed E-state index contributed by atoms with van der Waals surface area (Å²) in [5.41, 5.74) is 3.45. The second kappa shape index (κ2) is 5.95. The number of Topliss-reactive ketones (excluding diaryl/α,β-unsaturated/α-hetero) is 1. The highest BCUT2D eigenvalue weighted by molar-refractivity contribution is 6.42. The summed E-state index contributed by atoms with van der Waals surface area (Å²) in [6.07, 6.45) is 1.22. The number of hydrogen-bond donors (Lipinski definition) is 1. The number of carbonyl (C=O) groups excluding carboxylic acids is 1. The van der Waals surface area contributed by atoms with Crippen LogP contribution in [0.25, 0.3) is 0 Å². The second-order valence-corrected chi connectivity index (χ2v) is 7.97. The molecule has 2 aliphatic rings. The zero-order valence-electron chi connectivity index (χ0n) is 13.8. The molecule has 0 saturated carbocycles. The van der Waals surface area contributed by atoms with Gasteiger partial charge in [0.15, 0.2) is 5.78 Å². The Morgan fingerprint density at radius 3 is 2.67 bits per heavy atom. The molecule has 124 valence electrons. The Bertz CT molecular complexity index is 843. The third-order valence-electron chi connectivity index (χ3n) is 4.65. The molecule has 1 aromatic carbocycles. The zero-order chi connectivity index (χ0) is 17.6.